The molecule has 0 aliphatic heterocycles. The lowest BCUT2D eigenvalue weighted by Crippen LogP contribution is -2.58. The van der Waals surface area contributed by atoms with Gasteiger partial charge >= 0.3 is 35.8 Å². The minimum absolute atomic E-state index is 0.00771. The first kappa shape index (κ1) is 45.5. The van der Waals surface area contributed by atoms with E-state index in [0.717, 1.165) is 20.8 Å². The molecule has 3 aromatic rings. The Bertz CT molecular complexity index is 2190. The van der Waals surface area contributed by atoms with E-state index in [9.17, 15) is 38.7 Å². The Morgan fingerprint density at radius 2 is 1.23 bits per heavy atom. The molecule has 2 aliphatic carbocycles. The number of carbonyl (C=O) groups excluding carboxylic acids is 7. The van der Waals surface area contributed by atoms with Gasteiger partial charge in [0.15, 0.2) is 35.8 Å². The molecule has 2 aromatic heterocycles. The molecule has 0 amide bonds. The molecule has 1 fully saturated rings. The molecule has 61 heavy (non-hydrogen) atoms. The van der Waals surface area contributed by atoms with Crippen molar-refractivity contribution >= 4 is 41.6 Å². The van der Waals surface area contributed by atoms with E-state index < -0.39 is 113 Å². The first-order chi connectivity index (χ1) is 28.7. The average molecular weight is 841 g/mol. The van der Waals surface area contributed by atoms with Crippen LogP contribution in [0.4, 0.5) is 0 Å². The van der Waals surface area contributed by atoms with Crippen LogP contribution in [0.3, 0.4) is 0 Å². The van der Waals surface area contributed by atoms with Crippen molar-refractivity contribution in [3.8, 4) is 0 Å². The van der Waals surface area contributed by atoms with Gasteiger partial charge in [-0.2, -0.15) is 0 Å². The molecule has 1 N–H and O–H groups in total. The zero-order valence-corrected chi connectivity index (χ0v) is 34.8. The van der Waals surface area contributed by atoms with Crippen LogP contribution in [0.2, 0.25) is 0 Å². The van der Waals surface area contributed by atoms with Crippen LogP contribution >= 0.6 is 0 Å². The molecule has 322 valence electrons. The minimum atomic E-state index is -2.66. The topological polar surface area (TPSA) is 221 Å². The molecule has 0 unspecified atom stereocenters. The molecular formula is C45H48N2O14. The number of aliphatic hydroxyl groups is 1. The van der Waals surface area contributed by atoms with E-state index in [2.05, 4.69) is 16.5 Å². The number of benzene rings is 1. The third-order valence-electron chi connectivity index (χ3n) is 10.6. The van der Waals surface area contributed by atoms with E-state index in [4.69, 9.17) is 28.4 Å². The first-order valence-corrected chi connectivity index (χ1v) is 19.4. The number of carbonyl (C=O) groups is 7. The van der Waals surface area contributed by atoms with Gasteiger partial charge < -0.3 is 33.5 Å². The van der Waals surface area contributed by atoms with Gasteiger partial charge in [0.2, 0.25) is 0 Å². The Labute approximate surface area is 352 Å². The number of fused-ring (bicyclic) bond motifs is 1. The molecule has 0 saturated heterocycles. The summed E-state index contributed by atoms with van der Waals surface area (Å²) >= 11 is 0. The Hall–Kier alpha value is -6.55. The minimum Gasteiger partial charge on any atom is -0.458 e. The third-order valence-corrected chi connectivity index (χ3v) is 10.6. The number of nitrogens with zero attached hydrogens (tertiary/aromatic N) is 2. The van der Waals surface area contributed by atoms with Crippen molar-refractivity contribution in [2.75, 3.05) is 0 Å². The van der Waals surface area contributed by atoms with Crippen molar-refractivity contribution in [2.45, 2.75) is 96.6 Å². The van der Waals surface area contributed by atoms with Gasteiger partial charge in [0.1, 0.15) is 11.7 Å². The predicted octanol–water partition coefficient (Wildman–Crippen LogP) is 4.75. The summed E-state index contributed by atoms with van der Waals surface area (Å²) in [5, 5.41) is 12.9. The summed E-state index contributed by atoms with van der Waals surface area (Å²) in [5.74, 6) is -9.65. The smallest absolute Gasteiger partial charge is 0.340 e. The lowest BCUT2D eigenvalue weighted by atomic mass is 9.72. The number of hydrogen-bond acceptors (Lipinski definition) is 16. The van der Waals surface area contributed by atoms with Gasteiger partial charge in [0.25, 0.3) is 0 Å². The number of pyridine rings is 2. The highest BCUT2D eigenvalue weighted by molar-refractivity contribution is 5.93. The quantitative estimate of drug-likeness (QED) is 0.175. The van der Waals surface area contributed by atoms with Crippen LogP contribution in [-0.2, 0) is 47.6 Å². The Balaban J connectivity index is 1.81. The van der Waals surface area contributed by atoms with E-state index in [1.807, 2.05) is 0 Å². The lowest BCUT2D eigenvalue weighted by molar-refractivity contribution is -0.180. The Kier molecular flexibility index (Phi) is 13.7. The molecule has 16 heteroatoms. The van der Waals surface area contributed by atoms with Gasteiger partial charge in [-0.1, -0.05) is 57.7 Å². The van der Waals surface area contributed by atoms with Crippen molar-refractivity contribution in [2.24, 2.45) is 17.3 Å². The number of aromatic nitrogens is 2. The predicted molar refractivity (Wildman–Crippen MR) is 213 cm³/mol. The van der Waals surface area contributed by atoms with Crippen molar-refractivity contribution < 1.29 is 67.1 Å². The summed E-state index contributed by atoms with van der Waals surface area (Å²) in [6, 6.07) is 13.5. The molecule has 5 rings (SSSR count). The fraction of sp³-hybridized carbons (Fsp3) is 0.400. The van der Waals surface area contributed by atoms with Gasteiger partial charge in [-0.15, -0.1) is 0 Å². The van der Waals surface area contributed by atoms with Gasteiger partial charge in [-0.3, -0.25) is 29.1 Å². The monoisotopic (exact) mass is 840 g/mol. The van der Waals surface area contributed by atoms with E-state index in [0.29, 0.717) is 0 Å². The number of esters is 6. The summed E-state index contributed by atoms with van der Waals surface area (Å²) in [5.41, 5.74) is -6.47. The molecule has 0 spiro atoms. The summed E-state index contributed by atoms with van der Waals surface area (Å²) in [7, 11) is 0. The second-order valence-electron chi connectivity index (χ2n) is 15.9. The number of ketones is 1. The van der Waals surface area contributed by atoms with Gasteiger partial charge in [-0.25, -0.2) is 14.4 Å². The van der Waals surface area contributed by atoms with Gasteiger partial charge in [-0.05, 0) is 43.3 Å². The van der Waals surface area contributed by atoms with Crippen molar-refractivity contribution in [3.63, 3.8) is 0 Å². The van der Waals surface area contributed by atoms with Crippen LogP contribution < -0.4 is 0 Å². The second kappa shape index (κ2) is 18.4. The van der Waals surface area contributed by atoms with Crippen LogP contribution in [0, 0.1) is 17.3 Å². The number of rotatable bonds is 9. The molecule has 0 radical (unpaired) electrons. The Morgan fingerprint density at radius 3 is 1.77 bits per heavy atom. The van der Waals surface area contributed by atoms with Crippen molar-refractivity contribution in [1.82, 2.24) is 9.97 Å². The number of hydrogen-bond donors (Lipinski definition) is 1. The zero-order chi connectivity index (χ0) is 44.9. The van der Waals surface area contributed by atoms with Gasteiger partial charge in [0, 0.05) is 68.9 Å². The molecule has 16 nitrogen and oxygen atoms in total. The molecule has 9 atom stereocenters. The largest absolute Gasteiger partial charge is 0.458 e. The van der Waals surface area contributed by atoms with Crippen LogP contribution in [0.5, 0.6) is 0 Å². The summed E-state index contributed by atoms with van der Waals surface area (Å²) in [4.78, 5) is 104. The number of Topliss-reactive ketones (excluding diaryl/α,β-unsaturated/α-hetero) is 1. The zero-order valence-electron chi connectivity index (χ0n) is 34.8. The fourth-order valence-corrected chi connectivity index (χ4v) is 7.85. The van der Waals surface area contributed by atoms with Gasteiger partial charge in [0.05, 0.1) is 22.6 Å². The maximum absolute atomic E-state index is 14.9. The normalized spacial score (nSPS) is 29.0. The molecular weight excluding hydrogens is 792 g/mol. The first-order valence-electron chi connectivity index (χ1n) is 19.4. The lowest BCUT2D eigenvalue weighted by Gasteiger charge is -2.44. The summed E-state index contributed by atoms with van der Waals surface area (Å²) < 4.78 is 36.0. The maximum Gasteiger partial charge on any atom is 0.340 e. The maximum atomic E-state index is 14.9. The third kappa shape index (κ3) is 10.1. The molecule has 1 aromatic carbocycles. The fourth-order valence-electron chi connectivity index (χ4n) is 7.85. The molecule has 1 saturated carbocycles. The number of ether oxygens (including phenoxy) is 6. The molecule has 2 heterocycles. The van der Waals surface area contributed by atoms with E-state index in [-0.39, 0.29) is 16.7 Å². The highest BCUT2D eigenvalue weighted by atomic mass is 16.6. The summed E-state index contributed by atoms with van der Waals surface area (Å²) in [6.07, 6.45) is -1.42. The molecule has 0 bridgehead atoms. The highest BCUT2D eigenvalue weighted by Gasteiger charge is 2.69. The summed E-state index contributed by atoms with van der Waals surface area (Å²) in [6.45, 7) is 13.3. The van der Waals surface area contributed by atoms with Crippen LogP contribution in [0.25, 0.3) is 0 Å². The van der Waals surface area contributed by atoms with Crippen LogP contribution in [0.15, 0.2) is 104 Å². The van der Waals surface area contributed by atoms with Crippen LogP contribution in [-0.4, -0.2) is 98.4 Å². The van der Waals surface area contributed by atoms with Crippen LogP contribution in [0.1, 0.15) is 86.0 Å². The van der Waals surface area contributed by atoms with E-state index >= 15 is 0 Å². The Morgan fingerprint density at radius 1 is 0.689 bits per heavy atom. The molecule has 2 aliphatic rings. The van der Waals surface area contributed by atoms with E-state index in [1.54, 1.807) is 32.0 Å². The SMILES string of the molecule is C=C1[C@@H](OC(C)=O)[C@H]2[C@@H](OC(C)=O)[C@](C)(OC(=O)c3cccnc3)C[C@]2(O)C(=O)[C@@H](C)/C=C/C(C)(C)[C@H](OC(=O)c2cccnc2)[C@H](OC(C)=O)[C@H]1OC(=O)c1ccccc1. The standard InChI is InChI=1S/C45H48N2O14/c1-25-18-19-43(6,7)39(60-41(53)31-16-12-20-46-22-31)36(57-28(4)49)35(59-40(52)30-14-10-9-11-15-30)26(2)34(56-27(3)48)33-38(58-29(5)50)44(8,24-45(33,55)37(25)51)61-42(54)32-17-13-21-47-23-32/h9-23,25,33-36,38-39,55H,2,24H2,1,3-8H3/b19-18+/t25-,33-,34+,35-,36+,38+,39+,44+,45+/m0/s1. The van der Waals surface area contributed by atoms with E-state index in [1.165, 1.54) is 87.2 Å². The average Bonchev–Trinajstić information content (AvgIpc) is 3.43. The second-order valence-corrected chi connectivity index (χ2v) is 15.9. The highest BCUT2D eigenvalue weighted by Crippen LogP contribution is 2.52. The van der Waals surface area contributed by atoms with Crippen molar-refractivity contribution in [1.29, 1.82) is 0 Å². The number of allylic oxidation sites excluding steroid dienone is 1. The van der Waals surface area contributed by atoms with Crippen molar-refractivity contribution in [3.05, 3.63) is 120 Å².